The molecular formula is C17H15FN2O3. The minimum Gasteiger partial charge on any atom is -0.457 e. The van der Waals surface area contributed by atoms with E-state index in [0.29, 0.717) is 22.1 Å². The number of amides is 2. The number of ether oxygens (including phenoxy) is 1. The molecular weight excluding hydrogens is 299 g/mol. The highest BCUT2D eigenvalue weighted by atomic mass is 19.1. The van der Waals surface area contributed by atoms with Crippen LogP contribution >= 0.6 is 0 Å². The molecule has 0 aromatic heterocycles. The van der Waals surface area contributed by atoms with Gasteiger partial charge in [-0.2, -0.15) is 5.06 Å². The van der Waals surface area contributed by atoms with Gasteiger partial charge in [-0.15, -0.1) is 0 Å². The summed E-state index contributed by atoms with van der Waals surface area (Å²) in [6.45, 7) is 1.54. The van der Waals surface area contributed by atoms with E-state index in [2.05, 4.69) is 11.8 Å². The molecule has 3 N–H and O–H groups in total. The topological polar surface area (TPSA) is 75.8 Å². The number of rotatable bonds is 3. The van der Waals surface area contributed by atoms with Gasteiger partial charge >= 0.3 is 6.03 Å². The normalized spacial score (nSPS) is 11.1. The van der Waals surface area contributed by atoms with Gasteiger partial charge in [0.25, 0.3) is 0 Å². The monoisotopic (exact) mass is 314 g/mol. The van der Waals surface area contributed by atoms with Crippen LogP contribution in [0.5, 0.6) is 11.5 Å². The predicted octanol–water partition coefficient (Wildman–Crippen LogP) is 3.13. The first-order valence-electron chi connectivity index (χ1n) is 6.78. The second kappa shape index (κ2) is 7.29. The number of urea groups is 1. The van der Waals surface area contributed by atoms with E-state index in [1.165, 1.54) is 31.2 Å². The van der Waals surface area contributed by atoms with E-state index in [-0.39, 0.29) is 5.82 Å². The van der Waals surface area contributed by atoms with Crippen LogP contribution in [-0.2, 0) is 0 Å². The molecule has 2 amide bonds. The van der Waals surface area contributed by atoms with Crippen LogP contribution in [0.15, 0.2) is 48.5 Å². The molecule has 0 saturated heterocycles. The molecule has 0 saturated carbocycles. The Balaban J connectivity index is 2.11. The minimum atomic E-state index is -0.972. The number of nitrogens with zero attached hydrogens (tertiary/aromatic N) is 1. The summed E-state index contributed by atoms with van der Waals surface area (Å²) in [5.41, 5.74) is 5.58. The van der Waals surface area contributed by atoms with Crippen LogP contribution in [0.3, 0.4) is 0 Å². The minimum absolute atomic E-state index is 0.339. The van der Waals surface area contributed by atoms with Crippen LogP contribution in [0, 0.1) is 17.7 Å². The lowest BCUT2D eigenvalue weighted by Crippen LogP contribution is -2.38. The highest BCUT2D eigenvalue weighted by Gasteiger charge is 2.11. The molecule has 5 nitrogen and oxygen atoms in total. The number of hydrogen-bond donors (Lipinski definition) is 2. The standard InChI is InChI=1S/C17H15FN2O3/c1-12(20(22)17(19)21)5-6-13-3-2-4-16(11-13)23-15-9-7-14(18)8-10-15/h2-4,7-12,22H,1H3,(H2,19,21)/t12-/m1/s1. The number of hydrogen-bond acceptors (Lipinski definition) is 3. The highest BCUT2D eigenvalue weighted by molar-refractivity contribution is 5.71. The van der Waals surface area contributed by atoms with Crippen LogP contribution in [0.4, 0.5) is 9.18 Å². The van der Waals surface area contributed by atoms with Gasteiger partial charge in [0.15, 0.2) is 0 Å². The van der Waals surface area contributed by atoms with E-state index in [4.69, 9.17) is 10.5 Å². The first-order valence-corrected chi connectivity index (χ1v) is 6.78. The molecule has 0 heterocycles. The summed E-state index contributed by atoms with van der Waals surface area (Å²) in [4.78, 5) is 10.8. The summed E-state index contributed by atoms with van der Waals surface area (Å²) in [6.07, 6.45) is 0. The summed E-state index contributed by atoms with van der Waals surface area (Å²) >= 11 is 0. The first-order chi connectivity index (χ1) is 11.0. The third kappa shape index (κ3) is 4.73. The Bertz CT molecular complexity index is 750. The van der Waals surface area contributed by atoms with Gasteiger partial charge in [0.05, 0.1) is 0 Å². The number of carbonyl (C=O) groups is 1. The van der Waals surface area contributed by atoms with Crippen molar-refractivity contribution in [2.45, 2.75) is 13.0 Å². The van der Waals surface area contributed by atoms with E-state index in [1.54, 1.807) is 24.3 Å². The molecule has 0 unspecified atom stereocenters. The van der Waals surface area contributed by atoms with Crippen molar-refractivity contribution < 1.29 is 19.1 Å². The molecule has 0 aliphatic rings. The Labute approximate surface area is 133 Å². The zero-order valence-electron chi connectivity index (χ0n) is 12.4. The second-order valence-corrected chi connectivity index (χ2v) is 4.71. The summed E-state index contributed by atoms with van der Waals surface area (Å²) in [6, 6.07) is 10.9. The molecule has 2 rings (SSSR count). The fourth-order valence-corrected chi connectivity index (χ4v) is 1.72. The van der Waals surface area contributed by atoms with Gasteiger partial charge in [-0.3, -0.25) is 5.21 Å². The molecule has 0 spiro atoms. The lowest BCUT2D eigenvalue weighted by molar-refractivity contribution is -0.0536. The molecule has 0 fully saturated rings. The van der Waals surface area contributed by atoms with Crippen LogP contribution in [0.1, 0.15) is 12.5 Å². The molecule has 0 aliphatic carbocycles. The Kier molecular flexibility index (Phi) is 5.18. The van der Waals surface area contributed by atoms with E-state index in [0.717, 1.165) is 0 Å². The summed E-state index contributed by atoms with van der Waals surface area (Å²) < 4.78 is 18.5. The van der Waals surface area contributed by atoms with Gasteiger partial charge in [-0.1, -0.05) is 17.9 Å². The van der Waals surface area contributed by atoms with Gasteiger partial charge in [0.2, 0.25) is 0 Å². The second-order valence-electron chi connectivity index (χ2n) is 4.71. The Morgan fingerprint density at radius 2 is 1.96 bits per heavy atom. The fourth-order valence-electron chi connectivity index (χ4n) is 1.72. The number of carbonyl (C=O) groups excluding carboxylic acids is 1. The largest absolute Gasteiger partial charge is 0.457 e. The molecule has 0 aliphatic heterocycles. The van der Waals surface area contributed by atoms with Gasteiger partial charge < -0.3 is 10.5 Å². The first kappa shape index (κ1) is 16.3. The number of hydroxylamine groups is 2. The molecule has 0 bridgehead atoms. The Morgan fingerprint density at radius 1 is 1.26 bits per heavy atom. The van der Waals surface area contributed by atoms with Gasteiger partial charge in [0.1, 0.15) is 23.4 Å². The van der Waals surface area contributed by atoms with Gasteiger partial charge in [-0.05, 0) is 49.4 Å². The highest BCUT2D eigenvalue weighted by Crippen LogP contribution is 2.22. The van der Waals surface area contributed by atoms with Crippen molar-refractivity contribution in [2.24, 2.45) is 5.73 Å². The third-order valence-electron chi connectivity index (χ3n) is 2.90. The third-order valence-corrected chi connectivity index (χ3v) is 2.90. The van der Waals surface area contributed by atoms with E-state index in [9.17, 15) is 14.4 Å². The van der Waals surface area contributed by atoms with Crippen molar-refractivity contribution in [1.29, 1.82) is 0 Å². The lowest BCUT2D eigenvalue weighted by atomic mass is 10.2. The maximum Gasteiger partial charge on any atom is 0.339 e. The molecule has 2 aromatic rings. The molecule has 6 heteroatoms. The zero-order valence-corrected chi connectivity index (χ0v) is 12.4. The maximum atomic E-state index is 12.9. The average molecular weight is 314 g/mol. The average Bonchev–Trinajstić information content (AvgIpc) is 2.54. The van der Waals surface area contributed by atoms with Crippen LogP contribution < -0.4 is 10.5 Å². The van der Waals surface area contributed by atoms with E-state index in [1.807, 2.05) is 0 Å². The smallest absolute Gasteiger partial charge is 0.339 e. The number of benzene rings is 2. The number of primary amides is 1. The fraction of sp³-hybridized carbons (Fsp3) is 0.118. The molecule has 0 radical (unpaired) electrons. The van der Waals surface area contributed by atoms with Crippen LogP contribution in [0.2, 0.25) is 0 Å². The van der Waals surface area contributed by atoms with Crippen molar-refractivity contribution in [2.75, 3.05) is 0 Å². The van der Waals surface area contributed by atoms with Crippen molar-refractivity contribution >= 4 is 6.03 Å². The maximum absolute atomic E-state index is 12.9. The molecule has 2 aromatic carbocycles. The van der Waals surface area contributed by atoms with Crippen molar-refractivity contribution in [3.05, 3.63) is 59.9 Å². The summed E-state index contributed by atoms with van der Waals surface area (Å²) in [7, 11) is 0. The van der Waals surface area contributed by atoms with E-state index >= 15 is 0 Å². The number of halogens is 1. The van der Waals surface area contributed by atoms with Gasteiger partial charge in [0, 0.05) is 5.56 Å². The lowest BCUT2D eigenvalue weighted by Gasteiger charge is -2.14. The van der Waals surface area contributed by atoms with Crippen LogP contribution in [0.25, 0.3) is 0 Å². The van der Waals surface area contributed by atoms with Crippen molar-refractivity contribution in [1.82, 2.24) is 5.06 Å². The zero-order chi connectivity index (χ0) is 16.8. The van der Waals surface area contributed by atoms with E-state index < -0.39 is 12.1 Å². The summed E-state index contributed by atoms with van der Waals surface area (Å²) in [5.74, 6) is 6.21. The van der Waals surface area contributed by atoms with Crippen LogP contribution in [-0.4, -0.2) is 22.3 Å². The molecule has 118 valence electrons. The quantitative estimate of drug-likeness (QED) is 0.519. The Morgan fingerprint density at radius 3 is 2.61 bits per heavy atom. The summed E-state index contributed by atoms with van der Waals surface area (Å²) in [5, 5.41) is 9.70. The Hall–Kier alpha value is -3.04. The van der Waals surface area contributed by atoms with Crippen molar-refractivity contribution in [3.8, 4) is 23.3 Å². The van der Waals surface area contributed by atoms with Gasteiger partial charge in [-0.25, -0.2) is 9.18 Å². The molecule has 23 heavy (non-hydrogen) atoms. The number of nitrogens with two attached hydrogens (primary N) is 1. The van der Waals surface area contributed by atoms with Crippen molar-refractivity contribution in [3.63, 3.8) is 0 Å². The SMILES string of the molecule is C[C@H](C#Cc1cccc(Oc2ccc(F)cc2)c1)N(O)C(N)=O. The predicted molar refractivity (Wildman–Crippen MR) is 82.5 cm³/mol. The molecule has 1 atom stereocenters.